The lowest BCUT2D eigenvalue weighted by Gasteiger charge is -2.25. The standard InChI is InChI=1S/C15H22N4S3/c1-2-5-19(6-3-1)10-14-8-13(12-21-14)11-20-7-4-16-15-9-17-22-18-15/h8-9,12H,1-7,10-11H2,(H,16,18). The van der Waals surface area contributed by atoms with E-state index in [2.05, 4.69) is 30.4 Å². The lowest BCUT2D eigenvalue weighted by molar-refractivity contribution is 0.222. The molecule has 1 aliphatic heterocycles. The third-order valence-corrected chi connectivity index (χ3v) is 6.20. The first-order chi connectivity index (χ1) is 10.9. The smallest absolute Gasteiger partial charge is 0.160 e. The zero-order chi connectivity index (χ0) is 15.0. The predicted octanol–water partition coefficient (Wildman–Crippen LogP) is 3.93. The van der Waals surface area contributed by atoms with Crippen LogP contribution in [0.2, 0.25) is 0 Å². The van der Waals surface area contributed by atoms with Gasteiger partial charge in [-0.1, -0.05) is 6.42 Å². The van der Waals surface area contributed by atoms with Gasteiger partial charge in [0.2, 0.25) is 0 Å². The minimum Gasteiger partial charge on any atom is -0.367 e. The van der Waals surface area contributed by atoms with Crippen molar-refractivity contribution in [2.24, 2.45) is 0 Å². The zero-order valence-corrected chi connectivity index (χ0v) is 15.1. The van der Waals surface area contributed by atoms with Gasteiger partial charge >= 0.3 is 0 Å². The lowest BCUT2D eigenvalue weighted by Crippen LogP contribution is -2.28. The van der Waals surface area contributed by atoms with E-state index < -0.39 is 0 Å². The number of aromatic nitrogens is 2. The van der Waals surface area contributed by atoms with E-state index in [1.807, 2.05) is 23.1 Å². The molecule has 0 saturated carbocycles. The van der Waals surface area contributed by atoms with E-state index in [0.717, 1.165) is 30.4 Å². The van der Waals surface area contributed by atoms with Crippen LogP contribution in [0.1, 0.15) is 29.7 Å². The Bertz CT molecular complexity index is 535. The first kappa shape index (κ1) is 16.2. The highest BCUT2D eigenvalue weighted by molar-refractivity contribution is 7.98. The zero-order valence-electron chi connectivity index (χ0n) is 12.7. The van der Waals surface area contributed by atoms with Crippen LogP contribution in [0, 0.1) is 0 Å². The van der Waals surface area contributed by atoms with Gasteiger partial charge in [-0.25, -0.2) is 0 Å². The lowest BCUT2D eigenvalue weighted by atomic mass is 10.1. The van der Waals surface area contributed by atoms with E-state index in [0.29, 0.717) is 0 Å². The number of thiophene rings is 1. The summed E-state index contributed by atoms with van der Waals surface area (Å²) in [5, 5.41) is 5.61. The van der Waals surface area contributed by atoms with Gasteiger partial charge < -0.3 is 5.32 Å². The van der Waals surface area contributed by atoms with Gasteiger partial charge in [-0.3, -0.25) is 4.90 Å². The summed E-state index contributed by atoms with van der Waals surface area (Å²) in [5.74, 6) is 3.09. The Morgan fingerprint density at radius 2 is 2.18 bits per heavy atom. The van der Waals surface area contributed by atoms with Gasteiger partial charge in [-0.15, -0.1) is 11.3 Å². The van der Waals surface area contributed by atoms with Gasteiger partial charge in [0, 0.05) is 29.5 Å². The Hall–Kier alpha value is -0.630. The maximum Gasteiger partial charge on any atom is 0.160 e. The Morgan fingerprint density at radius 3 is 3.00 bits per heavy atom. The summed E-state index contributed by atoms with van der Waals surface area (Å²) in [5.41, 5.74) is 1.47. The molecule has 0 amide bonds. The molecule has 0 aromatic carbocycles. The second kappa shape index (κ2) is 8.86. The average Bonchev–Trinajstić information content (AvgIpc) is 3.20. The highest BCUT2D eigenvalue weighted by Gasteiger charge is 2.11. The van der Waals surface area contributed by atoms with Crippen molar-refractivity contribution in [3.63, 3.8) is 0 Å². The van der Waals surface area contributed by atoms with Crippen molar-refractivity contribution in [1.82, 2.24) is 13.6 Å². The fourth-order valence-electron chi connectivity index (χ4n) is 2.61. The van der Waals surface area contributed by atoms with Crippen LogP contribution in [0.3, 0.4) is 0 Å². The fourth-order valence-corrected chi connectivity index (χ4v) is 4.83. The molecular weight excluding hydrogens is 332 g/mol. The molecule has 22 heavy (non-hydrogen) atoms. The summed E-state index contributed by atoms with van der Waals surface area (Å²) in [6.45, 7) is 4.65. The molecule has 0 unspecified atom stereocenters. The fraction of sp³-hybridized carbons (Fsp3) is 0.600. The van der Waals surface area contributed by atoms with Gasteiger partial charge in [-0.05, 0) is 42.9 Å². The Balaban J connectivity index is 1.33. The first-order valence-electron chi connectivity index (χ1n) is 7.78. The quantitative estimate of drug-likeness (QED) is 0.728. The largest absolute Gasteiger partial charge is 0.367 e. The van der Waals surface area contributed by atoms with Gasteiger partial charge in [0.15, 0.2) is 5.82 Å². The van der Waals surface area contributed by atoms with Crippen LogP contribution in [0.25, 0.3) is 0 Å². The number of thioether (sulfide) groups is 1. The molecule has 0 spiro atoms. The molecule has 0 atom stereocenters. The molecule has 120 valence electrons. The van der Waals surface area contributed by atoms with Gasteiger partial charge in [0.25, 0.3) is 0 Å². The second-order valence-electron chi connectivity index (χ2n) is 5.53. The molecule has 0 bridgehead atoms. The third-order valence-electron chi connectivity index (χ3n) is 3.72. The molecule has 4 nitrogen and oxygen atoms in total. The van der Waals surface area contributed by atoms with Crippen molar-refractivity contribution in [2.75, 3.05) is 30.7 Å². The summed E-state index contributed by atoms with van der Waals surface area (Å²) in [7, 11) is 0. The molecule has 7 heteroatoms. The number of likely N-dealkylation sites (tertiary alicyclic amines) is 1. The molecule has 0 radical (unpaired) electrons. The Labute approximate surface area is 144 Å². The summed E-state index contributed by atoms with van der Waals surface area (Å²) in [4.78, 5) is 4.11. The van der Waals surface area contributed by atoms with Crippen LogP contribution in [0.4, 0.5) is 5.82 Å². The molecular formula is C15H22N4S3. The van der Waals surface area contributed by atoms with Gasteiger partial charge in [-0.2, -0.15) is 20.5 Å². The predicted molar refractivity (Wildman–Crippen MR) is 98.0 cm³/mol. The molecule has 2 aromatic rings. The molecule has 3 heterocycles. The van der Waals surface area contributed by atoms with Crippen LogP contribution in [-0.2, 0) is 12.3 Å². The van der Waals surface area contributed by atoms with Crippen LogP contribution in [-0.4, -0.2) is 39.0 Å². The monoisotopic (exact) mass is 354 g/mol. The van der Waals surface area contributed by atoms with Crippen molar-refractivity contribution >= 4 is 40.6 Å². The van der Waals surface area contributed by atoms with Crippen molar-refractivity contribution in [1.29, 1.82) is 0 Å². The topological polar surface area (TPSA) is 41.0 Å². The second-order valence-corrected chi connectivity index (χ2v) is 8.19. The van der Waals surface area contributed by atoms with E-state index in [1.54, 1.807) is 6.20 Å². The van der Waals surface area contributed by atoms with Crippen molar-refractivity contribution in [2.45, 2.75) is 31.6 Å². The number of hydrogen-bond donors (Lipinski definition) is 1. The summed E-state index contributed by atoms with van der Waals surface area (Å²) in [6.07, 6.45) is 5.93. The van der Waals surface area contributed by atoms with E-state index in [9.17, 15) is 0 Å². The van der Waals surface area contributed by atoms with Gasteiger partial charge in [0.05, 0.1) is 17.9 Å². The molecule has 2 aromatic heterocycles. The number of nitrogens with zero attached hydrogens (tertiary/aromatic N) is 3. The van der Waals surface area contributed by atoms with Crippen LogP contribution in [0.5, 0.6) is 0 Å². The molecule has 1 N–H and O–H groups in total. The van der Waals surface area contributed by atoms with Crippen LogP contribution < -0.4 is 5.32 Å². The first-order valence-corrected chi connectivity index (χ1v) is 10.5. The number of anilines is 1. The molecule has 1 fully saturated rings. The number of piperidine rings is 1. The third kappa shape index (κ3) is 5.22. The van der Waals surface area contributed by atoms with Crippen molar-refractivity contribution in [3.05, 3.63) is 28.1 Å². The maximum atomic E-state index is 4.14. The molecule has 1 aliphatic rings. The van der Waals surface area contributed by atoms with E-state index in [1.165, 1.54) is 54.5 Å². The average molecular weight is 355 g/mol. The SMILES string of the molecule is c1sc(CN2CCCCC2)cc1CSCCNc1cnsn1. The highest BCUT2D eigenvalue weighted by atomic mass is 32.2. The van der Waals surface area contributed by atoms with Crippen LogP contribution in [0.15, 0.2) is 17.6 Å². The maximum absolute atomic E-state index is 4.14. The molecule has 1 saturated heterocycles. The summed E-state index contributed by atoms with van der Waals surface area (Å²) >= 11 is 5.14. The summed E-state index contributed by atoms with van der Waals surface area (Å²) in [6, 6.07) is 2.39. The van der Waals surface area contributed by atoms with Crippen molar-refractivity contribution in [3.8, 4) is 0 Å². The Kier molecular flexibility index (Phi) is 6.54. The van der Waals surface area contributed by atoms with E-state index in [4.69, 9.17) is 0 Å². The van der Waals surface area contributed by atoms with Gasteiger partial charge in [0.1, 0.15) is 0 Å². The van der Waals surface area contributed by atoms with Crippen molar-refractivity contribution < 1.29 is 0 Å². The highest BCUT2D eigenvalue weighted by Crippen LogP contribution is 2.22. The molecule has 0 aliphatic carbocycles. The van der Waals surface area contributed by atoms with E-state index >= 15 is 0 Å². The normalized spacial score (nSPS) is 16.0. The van der Waals surface area contributed by atoms with Crippen LogP contribution >= 0.6 is 34.8 Å². The van der Waals surface area contributed by atoms with E-state index in [-0.39, 0.29) is 0 Å². The number of nitrogens with one attached hydrogen (secondary N) is 1. The summed E-state index contributed by atoms with van der Waals surface area (Å²) < 4.78 is 8.12. The Morgan fingerprint density at radius 1 is 1.27 bits per heavy atom. The number of rotatable bonds is 8. The minimum absolute atomic E-state index is 0.893. The number of hydrogen-bond acceptors (Lipinski definition) is 7. The minimum atomic E-state index is 0.893. The molecule has 3 rings (SSSR count).